The fourth-order valence-electron chi connectivity index (χ4n) is 5.51. The van der Waals surface area contributed by atoms with Crippen LogP contribution in [0.3, 0.4) is 0 Å². The van der Waals surface area contributed by atoms with Gasteiger partial charge in [-0.15, -0.1) is 0 Å². The molecule has 1 aliphatic heterocycles. The van der Waals surface area contributed by atoms with Gasteiger partial charge in [0.25, 0.3) is 17.7 Å². The standard InChI is InChI=1S/C32H35N9O6/c1-19(2)13-25-30-37-26(18-46-30)29(44)35-23(14-20-7-5-4-6-8-20)27(42)33-9-10-40(17-21-15-24(38-47-21)28(43)36-25)32(45)22-16-34-41-12-11-39(3)31(22)41/h4-8,11-12,15-16,18-19,23,25H,9-10,13-14,17H2,1-3H3,(H,33,42)(H,35,44)(H,36,43)/t23-,25+/m0/s1. The van der Waals surface area contributed by atoms with Crippen molar-refractivity contribution in [2.24, 2.45) is 13.0 Å². The Labute approximate surface area is 269 Å². The van der Waals surface area contributed by atoms with Gasteiger partial charge in [-0.05, 0) is 17.9 Å². The van der Waals surface area contributed by atoms with Crippen molar-refractivity contribution in [1.82, 2.24) is 45.2 Å². The summed E-state index contributed by atoms with van der Waals surface area (Å²) in [4.78, 5) is 59.9. The van der Waals surface area contributed by atoms with E-state index in [1.54, 1.807) is 28.5 Å². The molecule has 47 heavy (non-hydrogen) atoms. The Hall–Kier alpha value is -5.73. The largest absolute Gasteiger partial charge is 0.446 e. The number of amides is 4. The second kappa shape index (κ2) is 13.3. The van der Waals surface area contributed by atoms with Crippen molar-refractivity contribution < 1.29 is 28.1 Å². The topological polar surface area (TPSA) is 182 Å². The van der Waals surface area contributed by atoms with Crippen LogP contribution in [0, 0.1) is 5.92 Å². The molecular formula is C32H35N9O6. The number of nitrogens with zero attached hydrogens (tertiary/aromatic N) is 6. The molecule has 0 saturated carbocycles. The van der Waals surface area contributed by atoms with Gasteiger partial charge in [0.1, 0.15) is 29.6 Å². The van der Waals surface area contributed by atoms with Crippen LogP contribution in [0.15, 0.2) is 70.2 Å². The van der Waals surface area contributed by atoms with Gasteiger partial charge in [-0.1, -0.05) is 49.3 Å². The van der Waals surface area contributed by atoms with E-state index in [1.165, 1.54) is 23.4 Å². The van der Waals surface area contributed by atoms with Gasteiger partial charge in [-0.3, -0.25) is 19.2 Å². The van der Waals surface area contributed by atoms with E-state index in [4.69, 9.17) is 8.94 Å². The lowest BCUT2D eigenvalue weighted by atomic mass is 10.0. The molecule has 5 aromatic rings. The molecule has 0 saturated heterocycles. The highest BCUT2D eigenvalue weighted by Gasteiger charge is 2.29. The predicted octanol–water partition coefficient (Wildman–Crippen LogP) is 2.28. The zero-order valence-electron chi connectivity index (χ0n) is 26.2. The Kier molecular flexibility index (Phi) is 8.86. The van der Waals surface area contributed by atoms with Crippen molar-refractivity contribution in [3.63, 3.8) is 0 Å². The van der Waals surface area contributed by atoms with Crippen molar-refractivity contribution in [2.75, 3.05) is 13.1 Å². The van der Waals surface area contributed by atoms with E-state index in [0.717, 1.165) is 5.56 Å². The normalized spacial score (nSPS) is 18.0. The molecule has 0 radical (unpaired) electrons. The summed E-state index contributed by atoms with van der Waals surface area (Å²) in [5.74, 6) is -1.42. The number of aromatic nitrogens is 5. The van der Waals surface area contributed by atoms with Gasteiger partial charge in [0.05, 0.1) is 12.7 Å². The van der Waals surface area contributed by atoms with Crippen molar-refractivity contribution in [3.05, 3.63) is 95.4 Å². The van der Waals surface area contributed by atoms with Crippen LogP contribution in [-0.4, -0.2) is 72.0 Å². The molecule has 0 fully saturated rings. The fourth-order valence-corrected chi connectivity index (χ4v) is 5.51. The van der Waals surface area contributed by atoms with Gasteiger partial charge in [0.2, 0.25) is 11.8 Å². The third kappa shape index (κ3) is 6.93. The van der Waals surface area contributed by atoms with E-state index < -0.39 is 29.8 Å². The number of hydrogen-bond acceptors (Lipinski definition) is 9. The number of imidazole rings is 1. The molecule has 2 atom stereocenters. The van der Waals surface area contributed by atoms with Gasteiger partial charge in [0.15, 0.2) is 17.1 Å². The lowest BCUT2D eigenvalue weighted by Gasteiger charge is -2.23. The Morgan fingerprint density at radius 1 is 1.04 bits per heavy atom. The molecule has 0 unspecified atom stereocenters. The van der Waals surface area contributed by atoms with Crippen LogP contribution in [0.25, 0.3) is 5.65 Å². The zero-order chi connectivity index (χ0) is 33.1. The third-order valence-corrected chi connectivity index (χ3v) is 7.84. The number of fused-ring (bicyclic) bond motifs is 5. The van der Waals surface area contributed by atoms with E-state index in [2.05, 4.69) is 31.2 Å². The number of benzene rings is 1. The first-order chi connectivity index (χ1) is 22.7. The number of aryl methyl sites for hydroxylation is 1. The van der Waals surface area contributed by atoms with Crippen molar-refractivity contribution in [3.8, 4) is 0 Å². The number of carbonyl (C=O) groups excluding carboxylic acids is 4. The molecular weight excluding hydrogens is 606 g/mol. The molecule has 1 aromatic carbocycles. The van der Waals surface area contributed by atoms with Crippen LogP contribution in [0.1, 0.15) is 74.9 Å². The Morgan fingerprint density at radius 2 is 1.81 bits per heavy atom. The molecule has 0 spiro atoms. The minimum Gasteiger partial charge on any atom is -0.446 e. The smallest absolute Gasteiger partial charge is 0.274 e. The fraction of sp³-hybridized carbons (Fsp3) is 0.344. The van der Waals surface area contributed by atoms with E-state index >= 15 is 0 Å². The lowest BCUT2D eigenvalue weighted by molar-refractivity contribution is -0.123. The molecule has 3 N–H and O–H groups in total. The number of oxazole rings is 1. The summed E-state index contributed by atoms with van der Waals surface area (Å²) in [5, 5.41) is 16.7. The highest BCUT2D eigenvalue weighted by atomic mass is 16.5. The summed E-state index contributed by atoms with van der Waals surface area (Å²) in [7, 11) is 1.81. The van der Waals surface area contributed by atoms with Crippen LogP contribution < -0.4 is 16.0 Å². The number of hydrogen-bond donors (Lipinski definition) is 3. The highest BCUT2D eigenvalue weighted by molar-refractivity contribution is 6.00. The summed E-state index contributed by atoms with van der Waals surface area (Å²) in [6, 6.07) is 9.10. The molecule has 15 nitrogen and oxygen atoms in total. The molecule has 4 aromatic heterocycles. The SMILES string of the molecule is CC(C)C[C@H]1NC(=O)c2cc(on2)CN(C(=O)c2cnn3ccn(C)c23)CCNC(=O)[C@H](Cc2ccccc2)NC(=O)c2coc1n2. The van der Waals surface area contributed by atoms with E-state index in [9.17, 15) is 19.2 Å². The number of nitrogens with one attached hydrogen (secondary N) is 3. The van der Waals surface area contributed by atoms with Gasteiger partial charge in [0, 0.05) is 45.0 Å². The quantitative estimate of drug-likeness (QED) is 0.259. The van der Waals surface area contributed by atoms with Gasteiger partial charge < -0.3 is 34.4 Å². The summed E-state index contributed by atoms with van der Waals surface area (Å²) in [5.41, 5.74) is 1.73. The minimum atomic E-state index is -0.963. The van der Waals surface area contributed by atoms with Crippen LogP contribution in [0.4, 0.5) is 0 Å². The highest BCUT2D eigenvalue weighted by Crippen LogP contribution is 2.23. The van der Waals surface area contributed by atoms with E-state index in [0.29, 0.717) is 17.6 Å². The molecule has 4 amide bonds. The third-order valence-electron chi connectivity index (χ3n) is 7.84. The molecule has 244 valence electrons. The maximum atomic E-state index is 13.9. The first-order valence-electron chi connectivity index (χ1n) is 15.3. The van der Waals surface area contributed by atoms with Crippen LogP contribution in [-0.2, 0) is 24.8 Å². The van der Waals surface area contributed by atoms with Crippen LogP contribution in [0.5, 0.6) is 0 Å². The summed E-state index contributed by atoms with van der Waals surface area (Å²) in [6.45, 7) is 4.04. The maximum absolute atomic E-state index is 13.9. The first kappa shape index (κ1) is 31.3. The molecule has 4 bridgehead atoms. The molecule has 6 rings (SSSR count). The summed E-state index contributed by atoms with van der Waals surface area (Å²) >= 11 is 0. The molecule has 1 aliphatic rings. The first-order valence-corrected chi connectivity index (χ1v) is 15.3. The molecule has 0 aliphatic carbocycles. The predicted molar refractivity (Wildman–Crippen MR) is 166 cm³/mol. The second-order valence-electron chi connectivity index (χ2n) is 11.9. The zero-order valence-corrected chi connectivity index (χ0v) is 26.2. The summed E-state index contributed by atoms with van der Waals surface area (Å²) < 4.78 is 14.5. The van der Waals surface area contributed by atoms with Crippen LogP contribution >= 0.6 is 0 Å². The Morgan fingerprint density at radius 3 is 2.60 bits per heavy atom. The molecule has 15 heteroatoms. The maximum Gasteiger partial charge on any atom is 0.274 e. The van der Waals surface area contributed by atoms with Gasteiger partial charge >= 0.3 is 0 Å². The van der Waals surface area contributed by atoms with Crippen molar-refractivity contribution in [2.45, 2.75) is 45.3 Å². The van der Waals surface area contributed by atoms with E-state index in [-0.39, 0.29) is 60.9 Å². The Balaban J connectivity index is 1.33. The summed E-state index contributed by atoms with van der Waals surface area (Å²) in [6.07, 6.45) is 6.87. The second-order valence-corrected chi connectivity index (χ2v) is 11.9. The van der Waals surface area contributed by atoms with Gasteiger partial charge in [-0.2, -0.15) is 5.10 Å². The lowest BCUT2D eigenvalue weighted by Crippen LogP contribution is -2.49. The monoisotopic (exact) mass is 641 g/mol. The minimum absolute atomic E-state index is 0.000732. The Bertz CT molecular complexity index is 1900. The van der Waals surface area contributed by atoms with Crippen molar-refractivity contribution in [1.29, 1.82) is 0 Å². The van der Waals surface area contributed by atoms with E-state index in [1.807, 2.05) is 44.2 Å². The van der Waals surface area contributed by atoms with Crippen LogP contribution in [0.2, 0.25) is 0 Å². The average molecular weight is 642 g/mol. The number of carbonyl (C=O) groups is 4. The van der Waals surface area contributed by atoms with Crippen molar-refractivity contribution >= 4 is 29.3 Å². The molecule has 5 heterocycles. The number of rotatable bonds is 5. The van der Waals surface area contributed by atoms with Gasteiger partial charge in [-0.25, -0.2) is 9.50 Å². The average Bonchev–Trinajstić information content (AvgIpc) is 3.86.